The summed E-state index contributed by atoms with van der Waals surface area (Å²) in [6, 6.07) is 0. The summed E-state index contributed by atoms with van der Waals surface area (Å²) in [6.45, 7) is 7.44. The Bertz CT molecular complexity index is 284. The Kier molecular flexibility index (Phi) is 6.12. The summed E-state index contributed by atoms with van der Waals surface area (Å²) in [5.74, 6) is -0.121. The van der Waals surface area contributed by atoms with Gasteiger partial charge in [0.05, 0.1) is 12.5 Å². The molecule has 0 aromatic rings. The average molecular weight is 256 g/mol. The smallest absolute Gasteiger partial charge is 0.308 e. The first kappa shape index (κ1) is 15.0. The van der Waals surface area contributed by atoms with Crippen molar-refractivity contribution in [1.82, 2.24) is 9.80 Å². The van der Waals surface area contributed by atoms with Crippen LogP contribution >= 0.6 is 0 Å². The van der Waals surface area contributed by atoms with Crippen LogP contribution in [0.25, 0.3) is 0 Å². The van der Waals surface area contributed by atoms with Gasteiger partial charge in [0, 0.05) is 32.6 Å². The molecule has 104 valence electrons. The number of hydrogen-bond acceptors (Lipinski definition) is 4. The summed E-state index contributed by atoms with van der Waals surface area (Å²) in [5.41, 5.74) is 0. The fourth-order valence-electron chi connectivity index (χ4n) is 1.78. The minimum absolute atomic E-state index is 0.0988. The Morgan fingerprint density at radius 1 is 1.17 bits per heavy atom. The van der Waals surface area contributed by atoms with Gasteiger partial charge in [0.1, 0.15) is 0 Å². The van der Waals surface area contributed by atoms with Crippen molar-refractivity contribution < 1.29 is 14.3 Å². The van der Waals surface area contributed by atoms with Crippen molar-refractivity contribution in [3.8, 4) is 0 Å². The molecule has 0 aliphatic carbocycles. The molecular formula is C13H24N2O3. The van der Waals surface area contributed by atoms with Gasteiger partial charge >= 0.3 is 5.97 Å². The summed E-state index contributed by atoms with van der Waals surface area (Å²) in [7, 11) is 2.06. The first-order valence-electron chi connectivity index (χ1n) is 6.63. The van der Waals surface area contributed by atoms with Crippen molar-refractivity contribution in [2.45, 2.75) is 26.7 Å². The molecule has 1 fully saturated rings. The van der Waals surface area contributed by atoms with Gasteiger partial charge in [0.2, 0.25) is 5.91 Å². The normalized spacial score (nSPS) is 17.0. The molecule has 0 aromatic carbocycles. The number of likely N-dealkylation sites (N-methyl/N-ethyl adjacent to an activating group) is 1. The molecule has 1 heterocycles. The van der Waals surface area contributed by atoms with Crippen molar-refractivity contribution >= 4 is 11.9 Å². The van der Waals surface area contributed by atoms with Crippen LogP contribution in [-0.4, -0.2) is 61.5 Å². The van der Waals surface area contributed by atoms with E-state index in [0.29, 0.717) is 19.4 Å². The lowest BCUT2D eigenvalue weighted by molar-refractivity contribution is -0.148. The maximum Gasteiger partial charge on any atom is 0.308 e. The van der Waals surface area contributed by atoms with E-state index in [1.54, 1.807) is 13.8 Å². The van der Waals surface area contributed by atoms with Crippen molar-refractivity contribution in [1.29, 1.82) is 0 Å². The van der Waals surface area contributed by atoms with E-state index in [-0.39, 0.29) is 17.8 Å². The third kappa shape index (κ3) is 5.04. The molecule has 1 amide bonds. The average Bonchev–Trinajstić information content (AvgIpc) is 2.34. The minimum atomic E-state index is -0.193. The van der Waals surface area contributed by atoms with Crippen LogP contribution in [-0.2, 0) is 14.3 Å². The number of esters is 1. The monoisotopic (exact) mass is 256 g/mol. The third-order valence-electron chi connectivity index (χ3n) is 3.11. The standard InChI is InChI=1S/C13H24N2O3/c1-11(2)13(17)18-10-4-5-12(16)15-8-6-14(3)7-9-15/h11H,4-10H2,1-3H3. The SMILES string of the molecule is CC(C)C(=O)OCCCC(=O)N1CCN(C)CC1. The Morgan fingerprint density at radius 3 is 2.33 bits per heavy atom. The number of hydrogen-bond donors (Lipinski definition) is 0. The Balaban J connectivity index is 2.12. The van der Waals surface area contributed by atoms with Gasteiger partial charge in [-0.1, -0.05) is 13.8 Å². The van der Waals surface area contributed by atoms with Crippen molar-refractivity contribution in [3.63, 3.8) is 0 Å². The highest BCUT2D eigenvalue weighted by atomic mass is 16.5. The van der Waals surface area contributed by atoms with Crippen molar-refractivity contribution in [2.75, 3.05) is 39.8 Å². The number of rotatable bonds is 5. The lowest BCUT2D eigenvalue weighted by Crippen LogP contribution is -2.47. The minimum Gasteiger partial charge on any atom is -0.465 e. The van der Waals surface area contributed by atoms with E-state index in [9.17, 15) is 9.59 Å². The predicted octanol–water partition coefficient (Wildman–Crippen LogP) is 0.740. The Hall–Kier alpha value is -1.10. The number of piperazine rings is 1. The molecule has 0 radical (unpaired) electrons. The van der Waals surface area contributed by atoms with E-state index < -0.39 is 0 Å². The quantitative estimate of drug-likeness (QED) is 0.538. The largest absolute Gasteiger partial charge is 0.465 e. The highest BCUT2D eigenvalue weighted by Crippen LogP contribution is 2.04. The molecule has 1 saturated heterocycles. The molecule has 0 atom stereocenters. The molecule has 0 N–H and O–H groups in total. The van der Waals surface area contributed by atoms with E-state index in [1.165, 1.54) is 0 Å². The van der Waals surface area contributed by atoms with Gasteiger partial charge in [0.25, 0.3) is 0 Å². The zero-order valence-corrected chi connectivity index (χ0v) is 11.6. The van der Waals surface area contributed by atoms with E-state index in [0.717, 1.165) is 26.2 Å². The summed E-state index contributed by atoms with van der Waals surface area (Å²) in [4.78, 5) is 27.2. The summed E-state index contributed by atoms with van der Waals surface area (Å²) in [5, 5.41) is 0. The van der Waals surface area contributed by atoms with Gasteiger partial charge in [-0.05, 0) is 13.5 Å². The maximum atomic E-state index is 11.9. The molecule has 0 unspecified atom stereocenters. The van der Waals surface area contributed by atoms with E-state index in [4.69, 9.17) is 4.74 Å². The van der Waals surface area contributed by atoms with E-state index >= 15 is 0 Å². The van der Waals surface area contributed by atoms with Crippen LogP contribution in [0, 0.1) is 5.92 Å². The van der Waals surface area contributed by atoms with Gasteiger partial charge in [-0.2, -0.15) is 0 Å². The van der Waals surface area contributed by atoms with Crippen LogP contribution in [0.5, 0.6) is 0 Å². The fraction of sp³-hybridized carbons (Fsp3) is 0.846. The Morgan fingerprint density at radius 2 is 1.78 bits per heavy atom. The second-order valence-corrected chi connectivity index (χ2v) is 5.11. The molecule has 1 aliphatic rings. The Labute approximate surface area is 109 Å². The maximum absolute atomic E-state index is 11.9. The van der Waals surface area contributed by atoms with Crippen LogP contribution in [0.4, 0.5) is 0 Å². The van der Waals surface area contributed by atoms with E-state index in [1.807, 2.05) is 4.90 Å². The molecule has 0 aromatic heterocycles. The third-order valence-corrected chi connectivity index (χ3v) is 3.11. The predicted molar refractivity (Wildman–Crippen MR) is 69.1 cm³/mol. The van der Waals surface area contributed by atoms with Gasteiger partial charge in [0.15, 0.2) is 0 Å². The number of nitrogens with zero attached hydrogens (tertiary/aromatic N) is 2. The first-order chi connectivity index (χ1) is 8.50. The molecule has 0 bridgehead atoms. The fourth-order valence-corrected chi connectivity index (χ4v) is 1.78. The van der Waals surface area contributed by atoms with E-state index in [2.05, 4.69) is 11.9 Å². The van der Waals surface area contributed by atoms with Crippen LogP contribution in [0.3, 0.4) is 0 Å². The zero-order valence-electron chi connectivity index (χ0n) is 11.6. The lowest BCUT2D eigenvalue weighted by Gasteiger charge is -2.32. The zero-order chi connectivity index (χ0) is 13.5. The molecule has 5 heteroatoms. The highest BCUT2D eigenvalue weighted by molar-refractivity contribution is 5.76. The molecular weight excluding hydrogens is 232 g/mol. The van der Waals surface area contributed by atoms with Crippen LogP contribution in [0.15, 0.2) is 0 Å². The molecule has 18 heavy (non-hydrogen) atoms. The molecule has 5 nitrogen and oxygen atoms in total. The molecule has 0 spiro atoms. The van der Waals surface area contributed by atoms with Gasteiger partial charge < -0.3 is 14.5 Å². The number of carbonyl (C=O) groups excluding carboxylic acids is 2. The van der Waals surface area contributed by atoms with Crippen LogP contribution < -0.4 is 0 Å². The number of amides is 1. The summed E-state index contributed by atoms with van der Waals surface area (Å²) < 4.78 is 5.04. The van der Waals surface area contributed by atoms with Crippen LogP contribution in [0.1, 0.15) is 26.7 Å². The number of carbonyl (C=O) groups is 2. The lowest BCUT2D eigenvalue weighted by atomic mass is 10.2. The van der Waals surface area contributed by atoms with Gasteiger partial charge in [-0.3, -0.25) is 9.59 Å². The molecule has 1 aliphatic heterocycles. The van der Waals surface area contributed by atoms with Crippen molar-refractivity contribution in [2.24, 2.45) is 5.92 Å². The van der Waals surface area contributed by atoms with Gasteiger partial charge in [-0.25, -0.2) is 0 Å². The number of ether oxygens (including phenoxy) is 1. The van der Waals surface area contributed by atoms with Crippen molar-refractivity contribution in [3.05, 3.63) is 0 Å². The first-order valence-corrected chi connectivity index (χ1v) is 6.63. The van der Waals surface area contributed by atoms with Crippen LogP contribution in [0.2, 0.25) is 0 Å². The van der Waals surface area contributed by atoms with Gasteiger partial charge in [-0.15, -0.1) is 0 Å². The molecule has 1 rings (SSSR count). The molecule has 0 saturated carbocycles. The summed E-state index contributed by atoms with van der Waals surface area (Å²) in [6.07, 6.45) is 1.08. The second kappa shape index (κ2) is 7.36. The topological polar surface area (TPSA) is 49.9 Å². The second-order valence-electron chi connectivity index (χ2n) is 5.11. The highest BCUT2D eigenvalue weighted by Gasteiger charge is 2.18. The summed E-state index contributed by atoms with van der Waals surface area (Å²) >= 11 is 0.